The SMILES string of the molecule is Cc1ccc(CCC(=O)NCc2ccccc2NC(=O)C(F)(F)F)cc1. The number of carbonyl (C=O) groups is 2. The maximum Gasteiger partial charge on any atom is 0.471 e. The number of nitrogens with one attached hydrogen (secondary N) is 2. The average molecular weight is 364 g/mol. The van der Waals surface area contributed by atoms with Crippen LogP contribution in [0.5, 0.6) is 0 Å². The van der Waals surface area contributed by atoms with Crippen LogP contribution < -0.4 is 10.6 Å². The molecule has 0 aromatic heterocycles. The van der Waals surface area contributed by atoms with Gasteiger partial charge in [0.2, 0.25) is 5.91 Å². The van der Waals surface area contributed by atoms with Gasteiger partial charge in [-0.05, 0) is 30.5 Å². The van der Waals surface area contributed by atoms with E-state index in [9.17, 15) is 22.8 Å². The molecular weight excluding hydrogens is 345 g/mol. The Hall–Kier alpha value is -2.83. The molecule has 2 aromatic rings. The van der Waals surface area contributed by atoms with E-state index in [2.05, 4.69) is 5.32 Å². The van der Waals surface area contributed by atoms with Crippen LogP contribution in [0.2, 0.25) is 0 Å². The molecule has 0 fully saturated rings. The lowest BCUT2D eigenvalue weighted by Crippen LogP contribution is -2.31. The highest BCUT2D eigenvalue weighted by molar-refractivity contribution is 5.95. The second kappa shape index (κ2) is 8.51. The molecule has 0 aliphatic rings. The lowest BCUT2D eigenvalue weighted by Gasteiger charge is -2.13. The van der Waals surface area contributed by atoms with Crippen molar-refractivity contribution in [3.8, 4) is 0 Å². The van der Waals surface area contributed by atoms with E-state index in [1.807, 2.05) is 36.5 Å². The van der Waals surface area contributed by atoms with Crippen LogP contribution in [-0.2, 0) is 22.6 Å². The number of benzene rings is 2. The Labute approximate surface area is 149 Å². The molecular formula is C19H19F3N2O2. The van der Waals surface area contributed by atoms with E-state index in [0.717, 1.165) is 11.1 Å². The third-order valence-electron chi connectivity index (χ3n) is 3.76. The first-order valence-electron chi connectivity index (χ1n) is 8.04. The number of amides is 2. The Balaban J connectivity index is 1.89. The van der Waals surface area contributed by atoms with Gasteiger partial charge in [-0.15, -0.1) is 0 Å². The highest BCUT2D eigenvalue weighted by Crippen LogP contribution is 2.21. The van der Waals surface area contributed by atoms with Gasteiger partial charge in [-0.2, -0.15) is 13.2 Å². The largest absolute Gasteiger partial charge is 0.471 e. The molecule has 0 spiro atoms. The molecule has 26 heavy (non-hydrogen) atoms. The summed E-state index contributed by atoms with van der Waals surface area (Å²) in [6.45, 7) is 2.01. The number of aryl methyl sites for hydroxylation is 2. The van der Waals surface area contributed by atoms with Crippen molar-refractivity contribution in [1.29, 1.82) is 0 Å². The minimum Gasteiger partial charge on any atom is -0.352 e. The number of para-hydroxylation sites is 1. The van der Waals surface area contributed by atoms with E-state index in [0.29, 0.717) is 12.0 Å². The average Bonchev–Trinajstić information content (AvgIpc) is 2.59. The summed E-state index contributed by atoms with van der Waals surface area (Å²) in [6.07, 6.45) is -4.14. The molecule has 0 bridgehead atoms. The zero-order valence-corrected chi connectivity index (χ0v) is 14.2. The first-order valence-corrected chi connectivity index (χ1v) is 8.04. The number of halogens is 3. The van der Waals surface area contributed by atoms with Crippen molar-refractivity contribution in [1.82, 2.24) is 5.32 Å². The predicted octanol–water partition coefficient (Wildman–Crippen LogP) is 3.74. The van der Waals surface area contributed by atoms with Gasteiger partial charge in [-0.1, -0.05) is 48.0 Å². The van der Waals surface area contributed by atoms with Crippen LogP contribution in [0, 0.1) is 6.92 Å². The quantitative estimate of drug-likeness (QED) is 0.820. The highest BCUT2D eigenvalue weighted by atomic mass is 19.4. The van der Waals surface area contributed by atoms with E-state index in [4.69, 9.17) is 0 Å². The topological polar surface area (TPSA) is 58.2 Å². The fourth-order valence-corrected chi connectivity index (χ4v) is 2.28. The Morgan fingerprint density at radius 3 is 2.31 bits per heavy atom. The molecule has 2 rings (SSSR count). The number of hydrogen-bond acceptors (Lipinski definition) is 2. The Kier molecular flexibility index (Phi) is 6.38. The summed E-state index contributed by atoms with van der Waals surface area (Å²) in [7, 11) is 0. The molecule has 4 nitrogen and oxygen atoms in total. The van der Waals surface area contributed by atoms with E-state index in [1.165, 1.54) is 12.1 Å². The Bertz CT molecular complexity index is 771. The molecule has 0 saturated heterocycles. The maximum atomic E-state index is 12.4. The zero-order chi connectivity index (χ0) is 19.2. The zero-order valence-electron chi connectivity index (χ0n) is 14.2. The molecule has 7 heteroatoms. The predicted molar refractivity (Wildman–Crippen MR) is 92.5 cm³/mol. The lowest BCUT2D eigenvalue weighted by atomic mass is 10.1. The number of hydrogen-bond donors (Lipinski definition) is 2. The third-order valence-corrected chi connectivity index (χ3v) is 3.76. The number of alkyl halides is 3. The van der Waals surface area contributed by atoms with Crippen LogP contribution in [0.3, 0.4) is 0 Å². The van der Waals surface area contributed by atoms with Crippen molar-refractivity contribution in [2.24, 2.45) is 0 Å². The van der Waals surface area contributed by atoms with Gasteiger partial charge >= 0.3 is 12.1 Å². The van der Waals surface area contributed by atoms with Gasteiger partial charge in [-0.25, -0.2) is 0 Å². The molecule has 2 amide bonds. The van der Waals surface area contributed by atoms with Crippen LogP contribution >= 0.6 is 0 Å². The Morgan fingerprint density at radius 2 is 1.65 bits per heavy atom. The van der Waals surface area contributed by atoms with Crippen molar-refractivity contribution >= 4 is 17.5 Å². The fourth-order valence-electron chi connectivity index (χ4n) is 2.28. The second-order valence-electron chi connectivity index (χ2n) is 5.87. The number of carbonyl (C=O) groups excluding carboxylic acids is 2. The van der Waals surface area contributed by atoms with Crippen LogP contribution in [0.4, 0.5) is 18.9 Å². The highest BCUT2D eigenvalue weighted by Gasteiger charge is 2.38. The standard InChI is InChI=1S/C19H19F3N2O2/c1-13-6-8-14(9-7-13)10-11-17(25)23-12-15-4-2-3-5-16(15)24-18(26)19(20,21)22/h2-9H,10-12H2,1H3,(H,23,25)(H,24,26). The smallest absolute Gasteiger partial charge is 0.352 e. The lowest BCUT2D eigenvalue weighted by molar-refractivity contribution is -0.167. The van der Waals surface area contributed by atoms with Gasteiger partial charge in [0.1, 0.15) is 0 Å². The summed E-state index contributed by atoms with van der Waals surface area (Å²) in [6, 6.07) is 13.9. The summed E-state index contributed by atoms with van der Waals surface area (Å²) in [5.41, 5.74) is 2.58. The van der Waals surface area contributed by atoms with Crippen molar-refractivity contribution in [3.05, 3.63) is 65.2 Å². The van der Waals surface area contributed by atoms with Gasteiger partial charge in [0.25, 0.3) is 0 Å². The third kappa shape index (κ3) is 5.91. The molecule has 0 radical (unpaired) electrons. The van der Waals surface area contributed by atoms with Gasteiger partial charge < -0.3 is 10.6 Å². The minimum absolute atomic E-state index is 0.0219. The maximum absolute atomic E-state index is 12.4. The summed E-state index contributed by atoms with van der Waals surface area (Å²) in [5.74, 6) is -2.27. The van der Waals surface area contributed by atoms with E-state index < -0.39 is 12.1 Å². The molecule has 0 aliphatic heterocycles. The second-order valence-corrected chi connectivity index (χ2v) is 5.87. The van der Waals surface area contributed by atoms with Gasteiger partial charge in [0.15, 0.2) is 0 Å². The summed E-state index contributed by atoms with van der Waals surface area (Å²) >= 11 is 0. The number of anilines is 1. The van der Waals surface area contributed by atoms with Crippen LogP contribution in [-0.4, -0.2) is 18.0 Å². The first kappa shape index (κ1) is 19.5. The van der Waals surface area contributed by atoms with Crippen molar-refractivity contribution < 1.29 is 22.8 Å². The summed E-state index contributed by atoms with van der Waals surface area (Å²) in [5, 5.41) is 4.48. The van der Waals surface area contributed by atoms with Gasteiger partial charge in [0.05, 0.1) is 0 Å². The molecule has 2 N–H and O–H groups in total. The first-order chi connectivity index (χ1) is 12.3. The van der Waals surface area contributed by atoms with Crippen LogP contribution in [0.15, 0.2) is 48.5 Å². The van der Waals surface area contributed by atoms with Gasteiger partial charge in [0, 0.05) is 18.7 Å². The van der Waals surface area contributed by atoms with Gasteiger partial charge in [-0.3, -0.25) is 9.59 Å². The van der Waals surface area contributed by atoms with Crippen molar-refractivity contribution in [2.75, 3.05) is 5.32 Å². The molecule has 0 atom stereocenters. The van der Waals surface area contributed by atoms with E-state index >= 15 is 0 Å². The van der Waals surface area contributed by atoms with E-state index in [1.54, 1.807) is 12.1 Å². The van der Waals surface area contributed by atoms with Crippen molar-refractivity contribution in [2.45, 2.75) is 32.5 Å². The Morgan fingerprint density at radius 1 is 1.00 bits per heavy atom. The monoisotopic (exact) mass is 364 g/mol. The summed E-state index contributed by atoms with van der Waals surface area (Å²) < 4.78 is 37.2. The minimum atomic E-state index is -4.97. The molecule has 2 aromatic carbocycles. The number of rotatable bonds is 6. The molecule has 0 saturated carbocycles. The molecule has 138 valence electrons. The molecule has 0 aliphatic carbocycles. The van der Waals surface area contributed by atoms with Crippen LogP contribution in [0.25, 0.3) is 0 Å². The van der Waals surface area contributed by atoms with E-state index in [-0.39, 0.29) is 24.6 Å². The molecule has 0 heterocycles. The van der Waals surface area contributed by atoms with Crippen LogP contribution in [0.1, 0.15) is 23.1 Å². The molecule has 0 unspecified atom stereocenters. The van der Waals surface area contributed by atoms with Crippen molar-refractivity contribution in [3.63, 3.8) is 0 Å². The normalized spacial score (nSPS) is 11.1. The fraction of sp³-hybridized carbons (Fsp3) is 0.263. The summed E-state index contributed by atoms with van der Waals surface area (Å²) in [4.78, 5) is 23.1.